The van der Waals surface area contributed by atoms with Crippen molar-refractivity contribution in [3.63, 3.8) is 0 Å². The molecule has 1 aromatic rings. The Balaban J connectivity index is 0.00000196. The molecular weight excluding hydrogens is 372 g/mol. The standard InChI is InChI=1S/C19H26N2O3S.ClH/c22-19(21-16-5-6-17(21)13-20-10-8-16)9-11-25(23,24)18-7-4-14-2-1-3-15(14)12-18;/h4,7,12,16-17,20H,1-3,5-6,8-11,13H2;1H. The molecule has 144 valence electrons. The Kier molecular flexibility index (Phi) is 5.94. The predicted octanol–water partition coefficient (Wildman–Crippen LogP) is 2.11. The number of amides is 1. The van der Waals surface area contributed by atoms with Gasteiger partial charge in [0.2, 0.25) is 5.91 Å². The maximum atomic E-state index is 12.7. The average Bonchev–Trinajstić information content (AvgIpc) is 3.15. The summed E-state index contributed by atoms with van der Waals surface area (Å²) in [5.74, 6) is -0.0884. The Labute approximate surface area is 161 Å². The third-order valence-corrected chi connectivity index (χ3v) is 7.67. The molecule has 4 rings (SSSR count). The minimum atomic E-state index is -3.40. The summed E-state index contributed by atoms with van der Waals surface area (Å²) in [6, 6.07) is 6.00. The molecule has 2 aliphatic heterocycles. The van der Waals surface area contributed by atoms with E-state index in [4.69, 9.17) is 0 Å². The van der Waals surface area contributed by atoms with E-state index in [0.29, 0.717) is 4.90 Å². The molecule has 0 saturated carbocycles. The van der Waals surface area contributed by atoms with E-state index in [1.165, 1.54) is 5.56 Å². The second-order valence-corrected chi connectivity index (χ2v) is 9.64. The Morgan fingerprint density at radius 2 is 1.88 bits per heavy atom. The van der Waals surface area contributed by atoms with Crippen LogP contribution in [0.5, 0.6) is 0 Å². The van der Waals surface area contributed by atoms with Gasteiger partial charge in [0.1, 0.15) is 0 Å². The summed E-state index contributed by atoms with van der Waals surface area (Å²) in [6.07, 6.45) is 6.24. The van der Waals surface area contributed by atoms with Crippen LogP contribution in [0, 0.1) is 0 Å². The van der Waals surface area contributed by atoms with Crippen LogP contribution in [0.15, 0.2) is 23.1 Å². The van der Waals surface area contributed by atoms with Gasteiger partial charge in [-0.1, -0.05) is 6.07 Å². The van der Waals surface area contributed by atoms with Crippen molar-refractivity contribution in [1.29, 1.82) is 0 Å². The van der Waals surface area contributed by atoms with E-state index in [0.717, 1.165) is 57.2 Å². The fourth-order valence-electron chi connectivity index (χ4n) is 4.60. The van der Waals surface area contributed by atoms with Gasteiger partial charge in [0.05, 0.1) is 10.6 Å². The van der Waals surface area contributed by atoms with Gasteiger partial charge >= 0.3 is 0 Å². The average molecular weight is 399 g/mol. The van der Waals surface area contributed by atoms with Crippen molar-refractivity contribution in [2.75, 3.05) is 18.8 Å². The summed E-state index contributed by atoms with van der Waals surface area (Å²) in [5.41, 5.74) is 2.42. The van der Waals surface area contributed by atoms with Crippen molar-refractivity contribution in [1.82, 2.24) is 10.2 Å². The van der Waals surface area contributed by atoms with Gasteiger partial charge in [-0.05, 0) is 68.3 Å². The molecule has 1 aromatic carbocycles. The minimum absolute atomic E-state index is 0. The number of fused-ring (bicyclic) bond motifs is 3. The second kappa shape index (κ2) is 7.87. The predicted molar refractivity (Wildman–Crippen MR) is 104 cm³/mol. The molecule has 0 aromatic heterocycles. The van der Waals surface area contributed by atoms with Gasteiger partial charge < -0.3 is 10.2 Å². The first kappa shape index (κ1) is 19.6. The van der Waals surface area contributed by atoms with Crippen molar-refractivity contribution >= 4 is 28.2 Å². The quantitative estimate of drug-likeness (QED) is 0.843. The third kappa shape index (κ3) is 3.78. The van der Waals surface area contributed by atoms with Gasteiger partial charge in [-0.15, -0.1) is 12.4 Å². The number of nitrogens with zero attached hydrogens (tertiary/aromatic N) is 1. The van der Waals surface area contributed by atoms with E-state index in [9.17, 15) is 13.2 Å². The third-order valence-electron chi connectivity index (χ3n) is 5.96. The number of nitrogens with one attached hydrogen (secondary N) is 1. The largest absolute Gasteiger partial charge is 0.335 e. The molecule has 7 heteroatoms. The lowest BCUT2D eigenvalue weighted by molar-refractivity contribution is -0.133. The van der Waals surface area contributed by atoms with E-state index in [2.05, 4.69) is 5.32 Å². The monoisotopic (exact) mass is 398 g/mol. The van der Waals surface area contributed by atoms with Crippen molar-refractivity contribution in [2.24, 2.45) is 0 Å². The van der Waals surface area contributed by atoms with E-state index < -0.39 is 9.84 Å². The number of aryl methyl sites for hydroxylation is 2. The lowest BCUT2D eigenvalue weighted by Gasteiger charge is -2.28. The Bertz CT molecular complexity index is 767. The molecule has 5 nitrogen and oxygen atoms in total. The molecule has 2 saturated heterocycles. The van der Waals surface area contributed by atoms with Gasteiger partial charge in [0, 0.05) is 25.0 Å². The number of hydrogen-bond acceptors (Lipinski definition) is 4. The topological polar surface area (TPSA) is 66.5 Å². The van der Waals surface area contributed by atoms with E-state index in [1.807, 2.05) is 17.0 Å². The first-order chi connectivity index (χ1) is 12.0. The van der Waals surface area contributed by atoms with Crippen LogP contribution >= 0.6 is 12.4 Å². The van der Waals surface area contributed by atoms with Gasteiger partial charge in [-0.2, -0.15) is 0 Å². The van der Waals surface area contributed by atoms with Crippen LogP contribution < -0.4 is 5.32 Å². The molecule has 2 bridgehead atoms. The zero-order valence-electron chi connectivity index (χ0n) is 14.9. The van der Waals surface area contributed by atoms with Gasteiger partial charge in [-0.3, -0.25) is 4.79 Å². The highest BCUT2D eigenvalue weighted by Crippen LogP contribution is 2.29. The van der Waals surface area contributed by atoms with Crippen molar-refractivity contribution < 1.29 is 13.2 Å². The fourth-order valence-corrected chi connectivity index (χ4v) is 5.88. The summed E-state index contributed by atoms with van der Waals surface area (Å²) in [6.45, 7) is 1.78. The van der Waals surface area contributed by atoms with E-state index in [1.54, 1.807) is 6.07 Å². The molecule has 1 aliphatic carbocycles. The zero-order chi connectivity index (χ0) is 17.4. The van der Waals surface area contributed by atoms with E-state index in [-0.39, 0.29) is 42.6 Å². The Hall–Kier alpha value is -1.11. The first-order valence-corrected chi connectivity index (χ1v) is 11.1. The van der Waals surface area contributed by atoms with Crippen LogP contribution in [0.2, 0.25) is 0 Å². The summed E-state index contributed by atoms with van der Waals surface area (Å²) >= 11 is 0. The molecule has 2 atom stereocenters. The zero-order valence-corrected chi connectivity index (χ0v) is 16.6. The maximum absolute atomic E-state index is 12.7. The summed E-state index contributed by atoms with van der Waals surface area (Å²) in [7, 11) is -3.40. The highest BCUT2D eigenvalue weighted by molar-refractivity contribution is 7.91. The van der Waals surface area contributed by atoms with Crippen LogP contribution in [0.4, 0.5) is 0 Å². The first-order valence-electron chi connectivity index (χ1n) is 9.41. The number of sulfone groups is 1. The van der Waals surface area contributed by atoms with Crippen molar-refractivity contribution in [2.45, 2.75) is 61.9 Å². The normalized spacial score (nSPS) is 24.7. The van der Waals surface area contributed by atoms with Crippen LogP contribution in [-0.4, -0.2) is 50.2 Å². The number of rotatable bonds is 4. The molecule has 2 heterocycles. The summed E-state index contributed by atoms with van der Waals surface area (Å²) < 4.78 is 25.4. The summed E-state index contributed by atoms with van der Waals surface area (Å²) in [4.78, 5) is 15.1. The minimum Gasteiger partial charge on any atom is -0.335 e. The Morgan fingerprint density at radius 3 is 2.73 bits per heavy atom. The molecule has 1 amide bonds. The number of carbonyl (C=O) groups excluding carboxylic acids is 1. The van der Waals surface area contributed by atoms with Crippen molar-refractivity contribution in [3.05, 3.63) is 29.3 Å². The van der Waals surface area contributed by atoms with Gasteiger partial charge in [-0.25, -0.2) is 8.42 Å². The van der Waals surface area contributed by atoms with E-state index >= 15 is 0 Å². The lowest BCUT2D eigenvalue weighted by atomic mass is 10.1. The van der Waals surface area contributed by atoms with Crippen LogP contribution in [0.25, 0.3) is 0 Å². The van der Waals surface area contributed by atoms with Crippen molar-refractivity contribution in [3.8, 4) is 0 Å². The Morgan fingerprint density at radius 1 is 1.12 bits per heavy atom. The van der Waals surface area contributed by atoms with Gasteiger partial charge in [0.15, 0.2) is 9.84 Å². The molecule has 0 radical (unpaired) electrons. The lowest BCUT2D eigenvalue weighted by Crippen LogP contribution is -2.43. The molecule has 2 fully saturated rings. The molecule has 1 N–H and O–H groups in total. The number of halogens is 1. The molecular formula is C19H27ClN2O3S. The highest BCUT2D eigenvalue weighted by atomic mass is 35.5. The van der Waals surface area contributed by atoms with Crippen LogP contribution in [-0.2, 0) is 27.5 Å². The molecule has 26 heavy (non-hydrogen) atoms. The van der Waals surface area contributed by atoms with Gasteiger partial charge in [0.25, 0.3) is 0 Å². The smallest absolute Gasteiger partial charge is 0.224 e. The summed E-state index contributed by atoms with van der Waals surface area (Å²) in [5, 5.41) is 3.37. The fraction of sp³-hybridized carbons (Fsp3) is 0.632. The highest BCUT2D eigenvalue weighted by Gasteiger charge is 2.38. The molecule has 3 aliphatic rings. The number of carbonyl (C=O) groups is 1. The SMILES string of the molecule is Cl.O=C(CCS(=O)(=O)c1ccc2c(c1)CCC2)N1C2CCNCC1CC2. The molecule has 0 spiro atoms. The number of hydrogen-bond donors (Lipinski definition) is 1. The van der Waals surface area contributed by atoms with Crippen LogP contribution in [0.3, 0.4) is 0 Å². The molecule has 2 unspecified atom stereocenters. The number of benzene rings is 1. The van der Waals surface area contributed by atoms with Crippen LogP contribution in [0.1, 0.15) is 43.2 Å². The second-order valence-electron chi connectivity index (χ2n) is 7.53. The maximum Gasteiger partial charge on any atom is 0.224 e.